The molecule has 0 fully saturated rings. The molecule has 5 nitrogen and oxygen atoms in total. The Labute approximate surface area is 78.6 Å². The van der Waals surface area contributed by atoms with Gasteiger partial charge in [-0.1, -0.05) is 13.8 Å². The van der Waals surface area contributed by atoms with E-state index in [0.717, 1.165) is 6.42 Å². The molecule has 13 heavy (non-hydrogen) atoms. The standard InChI is InChI=1S/C8H18N4O/c1-3-5-11-8(13)12-6(4-2)7(9)10/h6H,3-5H2,1-2H3,(H3,9,10)(H2,11,12,13). The van der Waals surface area contributed by atoms with E-state index in [0.29, 0.717) is 13.0 Å². The lowest BCUT2D eigenvalue weighted by Gasteiger charge is -2.15. The number of rotatable bonds is 5. The van der Waals surface area contributed by atoms with Gasteiger partial charge in [0.15, 0.2) is 0 Å². The molecule has 0 aliphatic rings. The summed E-state index contributed by atoms with van der Waals surface area (Å²) in [5.74, 6) is -0.00542. The van der Waals surface area contributed by atoms with Gasteiger partial charge in [0.25, 0.3) is 0 Å². The van der Waals surface area contributed by atoms with Gasteiger partial charge in [-0.25, -0.2) is 4.79 Å². The van der Waals surface area contributed by atoms with Crippen LogP contribution in [0.15, 0.2) is 0 Å². The van der Waals surface area contributed by atoms with Crippen LogP contribution in [-0.4, -0.2) is 24.5 Å². The van der Waals surface area contributed by atoms with E-state index < -0.39 is 0 Å². The Morgan fingerprint density at radius 1 is 1.54 bits per heavy atom. The summed E-state index contributed by atoms with van der Waals surface area (Å²) in [5.41, 5.74) is 5.26. The lowest BCUT2D eigenvalue weighted by atomic mass is 10.2. The van der Waals surface area contributed by atoms with Crippen LogP contribution in [0.1, 0.15) is 26.7 Å². The molecule has 0 radical (unpaired) electrons. The Morgan fingerprint density at radius 3 is 2.54 bits per heavy atom. The van der Waals surface area contributed by atoms with Crippen LogP contribution in [0.25, 0.3) is 0 Å². The largest absolute Gasteiger partial charge is 0.386 e. The number of carbonyl (C=O) groups is 1. The zero-order chi connectivity index (χ0) is 10.3. The van der Waals surface area contributed by atoms with Crippen molar-refractivity contribution in [2.45, 2.75) is 32.7 Å². The van der Waals surface area contributed by atoms with Crippen molar-refractivity contribution in [3.63, 3.8) is 0 Å². The van der Waals surface area contributed by atoms with Crippen molar-refractivity contribution in [2.24, 2.45) is 5.73 Å². The first-order valence-electron chi connectivity index (χ1n) is 4.50. The summed E-state index contributed by atoms with van der Waals surface area (Å²) in [6, 6.07) is -0.610. The molecule has 0 bridgehead atoms. The molecular formula is C8H18N4O. The maximum atomic E-state index is 11.1. The first-order valence-corrected chi connectivity index (χ1v) is 4.50. The average molecular weight is 186 g/mol. The summed E-state index contributed by atoms with van der Waals surface area (Å²) in [4.78, 5) is 11.1. The van der Waals surface area contributed by atoms with Crippen molar-refractivity contribution in [1.82, 2.24) is 10.6 Å². The van der Waals surface area contributed by atoms with Crippen LogP contribution in [0.4, 0.5) is 4.79 Å². The topological polar surface area (TPSA) is 91.0 Å². The van der Waals surface area contributed by atoms with Crippen LogP contribution < -0.4 is 16.4 Å². The zero-order valence-electron chi connectivity index (χ0n) is 8.18. The Balaban J connectivity index is 3.80. The lowest BCUT2D eigenvalue weighted by molar-refractivity contribution is 0.239. The Kier molecular flexibility index (Phi) is 5.67. The Morgan fingerprint density at radius 2 is 2.15 bits per heavy atom. The van der Waals surface area contributed by atoms with Crippen LogP contribution in [-0.2, 0) is 0 Å². The maximum absolute atomic E-state index is 11.1. The third-order valence-electron chi connectivity index (χ3n) is 1.62. The third-order valence-corrected chi connectivity index (χ3v) is 1.62. The minimum Gasteiger partial charge on any atom is -0.386 e. The summed E-state index contributed by atoms with van der Waals surface area (Å²) in [6.07, 6.45) is 1.53. The number of nitrogens with two attached hydrogens (primary N) is 1. The highest BCUT2D eigenvalue weighted by atomic mass is 16.2. The molecule has 0 spiro atoms. The van der Waals surface area contributed by atoms with Gasteiger partial charge in [-0.15, -0.1) is 0 Å². The maximum Gasteiger partial charge on any atom is 0.315 e. The van der Waals surface area contributed by atoms with E-state index in [4.69, 9.17) is 11.1 Å². The molecule has 5 N–H and O–H groups in total. The second-order valence-corrected chi connectivity index (χ2v) is 2.82. The van der Waals surface area contributed by atoms with Crippen LogP contribution >= 0.6 is 0 Å². The Bertz CT molecular complexity index is 181. The van der Waals surface area contributed by atoms with Crippen LogP contribution in [0, 0.1) is 5.41 Å². The molecule has 0 aliphatic carbocycles. The summed E-state index contributed by atoms with van der Waals surface area (Å²) in [7, 11) is 0. The number of carbonyl (C=O) groups excluding carboxylic acids is 1. The number of nitrogens with one attached hydrogen (secondary N) is 3. The van der Waals surface area contributed by atoms with Crippen molar-refractivity contribution in [3.8, 4) is 0 Å². The van der Waals surface area contributed by atoms with E-state index >= 15 is 0 Å². The fourth-order valence-corrected chi connectivity index (χ4v) is 0.848. The molecule has 76 valence electrons. The van der Waals surface area contributed by atoms with Gasteiger partial charge < -0.3 is 16.4 Å². The predicted octanol–water partition coefficient (Wildman–Crippen LogP) is 0.410. The summed E-state index contributed by atoms with van der Waals surface area (Å²) in [5, 5.41) is 12.4. The van der Waals surface area contributed by atoms with Crippen LogP contribution in [0.2, 0.25) is 0 Å². The number of amidine groups is 1. The van der Waals surface area contributed by atoms with Crippen molar-refractivity contribution in [1.29, 1.82) is 5.41 Å². The molecule has 0 saturated heterocycles. The van der Waals surface area contributed by atoms with E-state index in [1.165, 1.54) is 0 Å². The monoisotopic (exact) mass is 186 g/mol. The molecule has 1 unspecified atom stereocenters. The first kappa shape index (κ1) is 11.7. The predicted molar refractivity (Wildman–Crippen MR) is 52.8 cm³/mol. The molecule has 0 aromatic heterocycles. The van der Waals surface area contributed by atoms with Gasteiger partial charge in [-0.3, -0.25) is 5.41 Å². The van der Waals surface area contributed by atoms with Crippen molar-refractivity contribution in [2.75, 3.05) is 6.54 Å². The molecule has 5 heteroatoms. The molecule has 0 heterocycles. The van der Waals surface area contributed by atoms with E-state index in [-0.39, 0.29) is 17.9 Å². The van der Waals surface area contributed by atoms with E-state index in [2.05, 4.69) is 10.6 Å². The fourth-order valence-electron chi connectivity index (χ4n) is 0.848. The van der Waals surface area contributed by atoms with Crippen molar-refractivity contribution >= 4 is 11.9 Å². The number of urea groups is 1. The quantitative estimate of drug-likeness (QED) is 0.370. The lowest BCUT2D eigenvalue weighted by Crippen LogP contribution is -2.48. The normalized spacial score (nSPS) is 11.8. The smallest absolute Gasteiger partial charge is 0.315 e. The van der Waals surface area contributed by atoms with Gasteiger partial charge in [0.05, 0.1) is 6.04 Å². The Hall–Kier alpha value is -1.26. The minimum absolute atomic E-state index is 0.00542. The molecule has 1 atom stereocenters. The number of hydrogen-bond donors (Lipinski definition) is 4. The van der Waals surface area contributed by atoms with Crippen LogP contribution in [0.5, 0.6) is 0 Å². The first-order chi connectivity index (χ1) is 6.11. The molecule has 2 amide bonds. The summed E-state index contributed by atoms with van der Waals surface area (Å²) < 4.78 is 0. The highest BCUT2D eigenvalue weighted by Crippen LogP contribution is 1.88. The van der Waals surface area contributed by atoms with E-state index in [9.17, 15) is 4.79 Å². The second kappa shape index (κ2) is 6.28. The van der Waals surface area contributed by atoms with Crippen molar-refractivity contribution < 1.29 is 4.79 Å². The third kappa shape index (κ3) is 5.05. The average Bonchev–Trinajstić information content (AvgIpc) is 2.10. The summed E-state index contributed by atoms with van der Waals surface area (Å²) in [6.45, 7) is 4.48. The highest BCUT2D eigenvalue weighted by Gasteiger charge is 2.11. The number of hydrogen-bond acceptors (Lipinski definition) is 2. The minimum atomic E-state index is -0.350. The van der Waals surface area contributed by atoms with Gasteiger partial charge in [-0.2, -0.15) is 0 Å². The highest BCUT2D eigenvalue weighted by molar-refractivity contribution is 5.87. The van der Waals surface area contributed by atoms with Gasteiger partial charge >= 0.3 is 6.03 Å². The van der Waals surface area contributed by atoms with E-state index in [1.54, 1.807) is 0 Å². The fraction of sp³-hybridized carbons (Fsp3) is 0.750. The molecule has 0 aliphatic heterocycles. The molecule has 0 aromatic carbocycles. The summed E-state index contributed by atoms with van der Waals surface area (Å²) >= 11 is 0. The van der Waals surface area contributed by atoms with E-state index in [1.807, 2.05) is 13.8 Å². The molecule has 0 rings (SSSR count). The van der Waals surface area contributed by atoms with Gasteiger partial charge in [-0.05, 0) is 12.8 Å². The second-order valence-electron chi connectivity index (χ2n) is 2.82. The van der Waals surface area contributed by atoms with Gasteiger partial charge in [0.1, 0.15) is 5.84 Å². The molecule has 0 saturated carbocycles. The van der Waals surface area contributed by atoms with Crippen molar-refractivity contribution in [3.05, 3.63) is 0 Å². The van der Waals surface area contributed by atoms with Gasteiger partial charge in [0, 0.05) is 6.54 Å². The number of amides is 2. The SMILES string of the molecule is CCCNC(=O)NC(CC)C(=N)N. The van der Waals surface area contributed by atoms with Gasteiger partial charge in [0.2, 0.25) is 0 Å². The zero-order valence-corrected chi connectivity index (χ0v) is 8.18. The molecular weight excluding hydrogens is 168 g/mol. The van der Waals surface area contributed by atoms with Crippen LogP contribution in [0.3, 0.4) is 0 Å². The molecule has 0 aromatic rings.